The molecule has 1 N–H and O–H groups in total. The van der Waals surface area contributed by atoms with Gasteiger partial charge in [-0.1, -0.05) is 23.7 Å². The molecule has 0 saturated carbocycles. The standard InChI is InChI=1S/C17H16ClNO2/c1-10-8-16(19-12(3)20)11(2)7-15(10)17(21)13-5-4-6-14(18)9-13/h4-9H,1-3H3,(H,19,20). The molecule has 0 unspecified atom stereocenters. The van der Waals surface area contributed by atoms with Gasteiger partial charge in [-0.15, -0.1) is 0 Å². The monoisotopic (exact) mass is 301 g/mol. The second kappa shape index (κ2) is 6.10. The zero-order valence-electron chi connectivity index (χ0n) is 12.2. The van der Waals surface area contributed by atoms with Gasteiger partial charge in [0.1, 0.15) is 0 Å². The fourth-order valence-electron chi connectivity index (χ4n) is 2.17. The highest BCUT2D eigenvalue weighted by Crippen LogP contribution is 2.23. The number of amides is 1. The predicted octanol–water partition coefficient (Wildman–Crippen LogP) is 4.15. The molecule has 0 aromatic heterocycles. The van der Waals surface area contributed by atoms with Gasteiger partial charge in [0.2, 0.25) is 5.91 Å². The van der Waals surface area contributed by atoms with E-state index in [-0.39, 0.29) is 11.7 Å². The van der Waals surface area contributed by atoms with E-state index in [0.717, 1.165) is 16.8 Å². The Balaban J connectivity index is 2.43. The number of nitrogens with one attached hydrogen (secondary N) is 1. The van der Waals surface area contributed by atoms with Crippen molar-refractivity contribution in [3.8, 4) is 0 Å². The summed E-state index contributed by atoms with van der Waals surface area (Å²) in [6.07, 6.45) is 0. The number of rotatable bonds is 3. The van der Waals surface area contributed by atoms with Gasteiger partial charge < -0.3 is 5.32 Å². The maximum absolute atomic E-state index is 12.6. The third kappa shape index (κ3) is 3.50. The Bertz CT molecular complexity index is 723. The van der Waals surface area contributed by atoms with Crippen LogP contribution in [0.25, 0.3) is 0 Å². The van der Waals surface area contributed by atoms with Crippen molar-refractivity contribution in [2.45, 2.75) is 20.8 Å². The van der Waals surface area contributed by atoms with Gasteiger partial charge in [-0.3, -0.25) is 9.59 Å². The summed E-state index contributed by atoms with van der Waals surface area (Å²) in [5.74, 6) is -0.209. The van der Waals surface area contributed by atoms with Crippen molar-refractivity contribution < 1.29 is 9.59 Å². The molecule has 0 bridgehead atoms. The fraction of sp³-hybridized carbons (Fsp3) is 0.176. The summed E-state index contributed by atoms with van der Waals surface area (Å²) in [6, 6.07) is 10.5. The second-order valence-electron chi connectivity index (χ2n) is 5.00. The van der Waals surface area contributed by atoms with Crippen molar-refractivity contribution in [1.82, 2.24) is 0 Å². The van der Waals surface area contributed by atoms with E-state index in [2.05, 4.69) is 5.32 Å². The molecule has 0 fully saturated rings. The van der Waals surface area contributed by atoms with Crippen LogP contribution in [0.3, 0.4) is 0 Å². The third-order valence-electron chi connectivity index (χ3n) is 3.21. The lowest BCUT2D eigenvalue weighted by Gasteiger charge is -2.12. The minimum atomic E-state index is -0.133. The normalized spacial score (nSPS) is 10.3. The first-order valence-electron chi connectivity index (χ1n) is 6.57. The molecule has 0 aliphatic rings. The predicted molar refractivity (Wildman–Crippen MR) is 85.1 cm³/mol. The Morgan fingerprint density at radius 3 is 2.38 bits per heavy atom. The topological polar surface area (TPSA) is 46.2 Å². The SMILES string of the molecule is CC(=O)Nc1cc(C)c(C(=O)c2cccc(Cl)c2)cc1C. The molecule has 4 heteroatoms. The van der Waals surface area contributed by atoms with E-state index in [1.807, 2.05) is 19.9 Å². The van der Waals surface area contributed by atoms with Crippen molar-refractivity contribution in [2.75, 3.05) is 5.32 Å². The lowest BCUT2D eigenvalue weighted by atomic mass is 9.96. The minimum absolute atomic E-state index is 0.0764. The summed E-state index contributed by atoms with van der Waals surface area (Å²) in [4.78, 5) is 23.7. The van der Waals surface area contributed by atoms with E-state index in [4.69, 9.17) is 11.6 Å². The lowest BCUT2D eigenvalue weighted by Crippen LogP contribution is -2.10. The number of anilines is 1. The minimum Gasteiger partial charge on any atom is -0.326 e. The van der Waals surface area contributed by atoms with E-state index in [1.165, 1.54) is 6.92 Å². The van der Waals surface area contributed by atoms with Crippen molar-refractivity contribution in [3.05, 3.63) is 63.7 Å². The molecule has 21 heavy (non-hydrogen) atoms. The maximum Gasteiger partial charge on any atom is 0.221 e. The number of ketones is 1. The zero-order chi connectivity index (χ0) is 15.6. The van der Waals surface area contributed by atoms with Gasteiger partial charge in [0.25, 0.3) is 0 Å². The van der Waals surface area contributed by atoms with Crippen molar-refractivity contribution >= 4 is 29.0 Å². The van der Waals surface area contributed by atoms with E-state index in [9.17, 15) is 9.59 Å². The summed E-state index contributed by atoms with van der Waals surface area (Å²) in [5.41, 5.74) is 3.55. The molecule has 2 aromatic rings. The van der Waals surface area contributed by atoms with Crippen LogP contribution < -0.4 is 5.32 Å². The molecule has 2 rings (SSSR count). The van der Waals surface area contributed by atoms with Crippen LogP contribution in [0.4, 0.5) is 5.69 Å². The maximum atomic E-state index is 12.6. The quantitative estimate of drug-likeness (QED) is 0.866. The van der Waals surface area contributed by atoms with Crippen LogP contribution in [-0.4, -0.2) is 11.7 Å². The summed E-state index contributed by atoms with van der Waals surface area (Å²) >= 11 is 5.93. The molecular weight excluding hydrogens is 286 g/mol. The first-order chi connectivity index (χ1) is 9.88. The molecule has 2 aromatic carbocycles. The van der Waals surface area contributed by atoms with E-state index in [0.29, 0.717) is 16.1 Å². The van der Waals surface area contributed by atoms with Gasteiger partial charge in [0.15, 0.2) is 5.78 Å². The van der Waals surface area contributed by atoms with Gasteiger partial charge in [0.05, 0.1) is 0 Å². The van der Waals surface area contributed by atoms with Crippen LogP contribution >= 0.6 is 11.6 Å². The number of aryl methyl sites for hydroxylation is 2. The van der Waals surface area contributed by atoms with Gasteiger partial charge in [-0.05, 0) is 49.2 Å². The number of hydrogen-bond donors (Lipinski definition) is 1. The highest BCUT2D eigenvalue weighted by molar-refractivity contribution is 6.31. The molecule has 0 radical (unpaired) electrons. The van der Waals surface area contributed by atoms with Gasteiger partial charge in [-0.25, -0.2) is 0 Å². The molecule has 3 nitrogen and oxygen atoms in total. The van der Waals surface area contributed by atoms with Crippen LogP contribution in [-0.2, 0) is 4.79 Å². The molecule has 108 valence electrons. The highest BCUT2D eigenvalue weighted by Gasteiger charge is 2.14. The number of benzene rings is 2. The fourth-order valence-corrected chi connectivity index (χ4v) is 2.36. The highest BCUT2D eigenvalue weighted by atomic mass is 35.5. The Labute approximate surface area is 128 Å². The first-order valence-corrected chi connectivity index (χ1v) is 6.95. The van der Waals surface area contributed by atoms with Crippen molar-refractivity contribution in [1.29, 1.82) is 0 Å². The molecule has 0 atom stereocenters. The molecule has 0 saturated heterocycles. The van der Waals surface area contributed by atoms with Crippen LogP contribution in [0, 0.1) is 13.8 Å². The summed E-state index contributed by atoms with van der Waals surface area (Å²) < 4.78 is 0. The van der Waals surface area contributed by atoms with Crippen LogP contribution in [0.1, 0.15) is 34.0 Å². The van der Waals surface area contributed by atoms with Crippen LogP contribution in [0.5, 0.6) is 0 Å². The summed E-state index contributed by atoms with van der Waals surface area (Å²) in [5, 5.41) is 3.29. The van der Waals surface area contributed by atoms with E-state index < -0.39 is 0 Å². The molecule has 1 amide bonds. The summed E-state index contributed by atoms with van der Waals surface area (Å²) in [7, 11) is 0. The van der Waals surface area contributed by atoms with Gasteiger partial charge >= 0.3 is 0 Å². The number of halogens is 1. The number of hydrogen-bond acceptors (Lipinski definition) is 2. The molecule has 0 aliphatic carbocycles. The van der Waals surface area contributed by atoms with Crippen LogP contribution in [0.2, 0.25) is 5.02 Å². The molecule has 0 aliphatic heterocycles. The second-order valence-corrected chi connectivity index (χ2v) is 5.44. The molecule has 0 spiro atoms. The molecular formula is C17H16ClNO2. The Hall–Kier alpha value is -2.13. The number of carbonyl (C=O) groups excluding carboxylic acids is 2. The van der Waals surface area contributed by atoms with E-state index in [1.54, 1.807) is 30.3 Å². The van der Waals surface area contributed by atoms with Crippen LogP contribution in [0.15, 0.2) is 36.4 Å². The number of carbonyl (C=O) groups is 2. The van der Waals surface area contributed by atoms with Gasteiger partial charge in [0, 0.05) is 28.8 Å². The molecule has 0 heterocycles. The van der Waals surface area contributed by atoms with Crippen molar-refractivity contribution in [3.63, 3.8) is 0 Å². The third-order valence-corrected chi connectivity index (χ3v) is 3.45. The Kier molecular flexibility index (Phi) is 4.43. The smallest absolute Gasteiger partial charge is 0.221 e. The summed E-state index contributed by atoms with van der Waals surface area (Å²) in [6.45, 7) is 5.17. The zero-order valence-corrected chi connectivity index (χ0v) is 12.9. The Morgan fingerprint density at radius 2 is 1.76 bits per heavy atom. The Morgan fingerprint density at radius 1 is 1.05 bits per heavy atom. The van der Waals surface area contributed by atoms with E-state index >= 15 is 0 Å². The van der Waals surface area contributed by atoms with Gasteiger partial charge in [-0.2, -0.15) is 0 Å². The lowest BCUT2D eigenvalue weighted by molar-refractivity contribution is -0.114. The first kappa shape index (κ1) is 15.3. The largest absolute Gasteiger partial charge is 0.326 e. The average Bonchev–Trinajstić information content (AvgIpc) is 2.41. The van der Waals surface area contributed by atoms with Crippen molar-refractivity contribution in [2.24, 2.45) is 0 Å². The average molecular weight is 302 g/mol.